The van der Waals surface area contributed by atoms with E-state index < -0.39 is 0 Å². The third kappa shape index (κ3) is 6.31. The Hall–Kier alpha value is -2.21. The van der Waals surface area contributed by atoms with E-state index in [9.17, 15) is 0 Å². The number of guanidine groups is 1. The number of hydrogen-bond donors (Lipinski definition) is 1. The van der Waals surface area contributed by atoms with Crippen molar-refractivity contribution in [2.24, 2.45) is 4.99 Å². The molecule has 136 valence electrons. The first kappa shape index (κ1) is 19.1. The molecule has 1 aromatic heterocycles. The second-order valence-electron chi connectivity index (χ2n) is 5.79. The Labute approximate surface area is 154 Å². The largest absolute Gasteiger partial charge is 0.497 e. The number of rotatable bonds is 8. The van der Waals surface area contributed by atoms with Crippen molar-refractivity contribution in [1.29, 1.82) is 0 Å². The van der Waals surface area contributed by atoms with Crippen LogP contribution in [0.5, 0.6) is 11.5 Å². The quantitative estimate of drug-likeness (QED) is 0.579. The van der Waals surface area contributed by atoms with Gasteiger partial charge >= 0.3 is 0 Å². The summed E-state index contributed by atoms with van der Waals surface area (Å²) in [6.45, 7) is 3.63. The number of nitrogens with one attached hydrogen (secondary N) is 1. The fraction of sp³-hybridized carbons (Fsp3) is 0.421. The summed E-state index contributed by atoms with van der Waals surface area (Å²) in [7, 11) is 5.51. The minimum atomic E-state index is 0.00884. The molecule has 1 heterocycles. The highest BCUT2D eigenvalue weighted by molar-refractivity contribution is 7.09. The van der Waals surface area contributed by atoms with Crippen LogP contribution in [0.15, 0.2) is 46.8 Å². The normalized spacial score (nSPS) is 12.6. The van der Waals surface area contributed by atoms with Gasteiger partial charge in [-0.25, -0.2) is 0 Å². The lowest BCUT2D eigenvalue weighted by Gasteiger charge is -2.24. The summed E-state index contributed by atoms with van der Waals surface area (Å²) in [6.07, 6.45) is 1.03. The monoisotopic (exact) mass is 361 g/mol. The average molecular weight is 362 g/mol. The van der Waals surface area contributed by atoms with E-state index in [1.54, 1.807) is 25.5 Å². The molecule has 0 spiro atoms. The summed E-state index contributed by atoms with van der Waals surface area (Å²) >= 11 is 1.79. The lowest BCUT2D eigenvalue weighted by molar-refractivity contribution is 0.221. The predicted octanol–water partition coefficient (Wildman–Crippen LogP) is 3.27. The molecule has 0 aliphatic carbocycles. The van der Waals surface area contributed by atoms with E-state index in [4.69, 9.17) is 9.47 Å². The molecule has 1 N–H and O–H groups in total. The molecule has 0 bridgehead atoms. The van der Waals surface area contributed by atoms with Crippen molar-refractivity contribution in [1.82, 2.24) is 10.2 Å². The topological polar surface area (TPSA) is 46.1 Å². The molecule has 6 heteroatoms. The summed E-state index contributed by atoms with van der Waals surface area (Å²) in [5.41, 5.74) is 0. The Balaban J connectivity index is 1.78. The molecule has 2 rings (SSSR count). The number of benzene rings is 1. The lowest BCUT2D eigenvalue weighted by Crippen LogP contribution is -2.43. The number of methoxy groups -OCH3 is 1. The first-order valence-electron chi connectivity index (χ1n) is 8.37. The number of ether oxygens (including phenoxy) is 2. The molecular formula is C19H27N3O2S. The van der Waals surface area contributed by atoms with Crippen LogP contribution in [0, 0.1) is 0 Å². The van der Waals surface area contributed by atoms with Gasteiger partial charge in [0.25, 0.3) is 0 Å². The molecule has 0 fully saturated rings. The van der Waals surface area contributed by atoms with Crippen molar-refractivity contribution in [2.75, 3.05) is 34.3 Å². The van der Waals surface area contributed by atoms with Gasteiger partial charge in [-0.1, -0.05) is 12.1 Å². The van der Waals surface area contributed by atoms with Gasteiger partial charge in [-0.3, -0.25) is 4.99 Å². The molecule has 0 aliphatic rings. The van der Waals surface area contributed by atoms with Crippen LogP contribution in [0.2, 0.25) is 0 Å². The van der Waals surface area contributed by atoms with Crippen LogP contribution < -0.4 is 14.8 Å². The summed E-state index contributed by atoms with van der Waals surface area (Å²) in [5.74, 6) is 2.47. The molecular weight excluding hydrogens is 334 g/mol. The summed E-state index contributed by atoms with van der Waals surface area (Å²) < 4.78 is 11.2. The van der Waals surface area contributed by atoms with Gasteiger partial charge in [0.05, 0.1) is 13.7 Å². The zero-order chi connectivity index (χ0) is 18.1. The second-order valence-corrected chi connectivity index (χ2v) is 6.82. The molecule has 0 saturated heterocycles. The predicted molar refractivity (Wildman–Crippen MR) is 105 cm³/mol. The molecule has 1 atom stereocenters. The van der Waals surface area contributed by atoms with E-state index in [2.05, 4.69) is 39.8 Å². The molecule has 0 aliphatic heterocycles. The van der Waals surface area contributed by atoms with Crippen molar-refractivity contribution in [3.63, 3.8) is 0 Å². The smallest absolute Gasteiger partial charge is 0.193 e. The molecule has 25 heavy (non-hydrogen) atoms. The van der Waals surface area contributed by atoms with Crippen LogP contribution in [0.4, 0.5) is 0 Å². The average Bonchev–Trinajstić information content (AvgIpc) is 3.14. The van der Waals surface area contributed by atoms with Crippen LogP contribution in [-0.2, 0) is 6.42 Å². The van der Waals surface area contributed by atoms with Gasteiger partial charge in [0.15, 0.2) is 5.96 Å². The van der Waals surface area contributed by atoms with Gasteiger partial charge < -0.3 is 19.7 Å². The van der Waals surface area contributed by atoms with Gasteiger partial charge in [-0.15, -0.1) is 11.3 Å². The number of thiophene rings is 1. The number of nitrogens with zero attached hydrogens (tertiary/aromatic N) is 2. The Morgan fingerprint density at radius 2 is 2.08 bits per heavy atom. The first-order valence-corrected chi connectivity index (χ1v) is 9.25. The van der Waals surface area contributed by atoms with E-state index in [1.165, 1.54) is 4.88 Å². The third-order valence-electron chi connectivity index (χ3n) is 3.77. The minimum Gasteiger partial charge on any atom is -0.497 e. The van der Waals surface area contributed by atoms with Crippen LogP contribution >= 0.6 is 11.3 Å². The van der Waals surface area contributed by atoms with E-state index in [-0.39, 0.29) is 6.10 Å². The Morgan fingerprint density at radius 1 is 1.28 bits per heavy atom. The van der Waals surface area contributed by atoms with Gasteiger partial charge in [0.2, 0.25) is 0 Å². The minimum absolute atomic E-state index is 0.00884. The van der Waals surface area contributed by atoms with Crippen LogP contribution in [0.1, 0.15) is 11.8 Å². The fourth-order valence-electron chi connectivity index (χ4n) is 2.41. The highest BCUT2D eigenvalue weighted by atomic mass is 32.1. The van der Waals surface area contributed by atoms with Gasteiger partial charge in [0.1, 0.15) is 17.6 Å². The van der Waals surface area contributed by atoms with Gasteiger partial charge in [0, 0.05) is 31.6 Å². The molecule has 1 unspecified atom stereocenters. The summed E-state index contributed by atoms with van der Waals surface area (Å²) in [4.78, 5) is 7.88. The number of hydrogen-bond acceptors (Lipinski definition) is 4. The molecule has 0 saturated carbocycles. The standard InChI is InChI=1S/C19H27N3O2S/c1-15(24-17-8-5-7-16(13-17)23-4)14-21-19(20-2)22(3)11-10-18-9-6-12-25-18/h5-9,12-13,15H,10-11,14H2,1-4H3,(H,20,21). The Morgan fingerprint density at radius 3 is 2.76 bits per heavy atom. The molecule has 1 aromatic carbocycles. The van der Waals surface area contributed by atoms with Crippen molar-refractivity contribution in [3.8, 4) is 11.5 Å². The van der Waals surface area contributed by atoms with Gasteiger partial charge in [-0.05, 0) is 36.9 Å². The number of likely N-dealkylation sites (N-methyl/N-ethyl adjacent to an activating group) is 1. The summed E-state index contributed by atoms with van der Waals surface area (Å²) in [5, 5.41) is 5.48. The fourth-order valence-corrected chi connectivity index (χ4v) is 3.11. The van der Waals surface area contributed by atoms with Crippen LogP contribution in [0.3, 0.4) is 0 Å². The molecule has 0 amide bonds. The van der Waals surface area contributed by atoms with Crippen molar-refractivity contribution >= 4 is 17.3 Å². The highest BCUT2D eigenvalue weighted by Crippen LogP contribution is 2.19. The maximum Gasteiger partial charge on any atom is 0.193 e. The summed E-state index contributed by atoms with van der Waals surface area (Å²) in [6, 6.07) is 11.9. The van der Waals surface area contributed by atoms with E-state index >= 15 is 0 Å². The zero-order valence-electron chi connectivity index (χ0n) is 15.4. The molecule has 5 nitrogen and oxygen atoms in total. The van der Waals surface area contributed by atoms with Crippen molar-refractivity contribution < 1.29 is 9.47 Å². The lowest BCUT2D eigenvalue weighted by atomic mass is 10.3. The van der Waals surface area contributed by atoms with Crippen LogP contribution in [0.25, 0.3) is 0 Å². The van der Waals surface area contributed by atoms with E-state index in [0.29, 0.717) is 6.54 Å². The second kappa shape index (κ2) is 9.93. The van der Waals surface area contributed by atoms with Crippen molar-refractivity contribution in [2.45, 2.75) is 19.4 Å². The number of aliphatic imine (C=N–C) groups is 1. The Kier molecular flexibility index (Phi) is 7.60. The maximum absolute atomic E-state index is 5.94. The molecule has 0 radical (unpaired) electrons. The highest BCUT2D eigenvalue weighted by Gasteiger charge is 2.10. The SMILES string of the molecule is CN=C(NCC(C)Oc1cccc(OC)c1)N(C)CCc1cccs1. The maximum atomic E-state index is 5.94. The molecule has 2 aromatic rings. The first-order chi connectivity index (χ1) is 12.1. The van der Waals surface area contributed by atoms with Crippen LogP contribution in [-0.4, -0.2) is 51.3 Å². The van der Waals surface area contributed by atoms with Gasteiger partial charge in [-0.2, -0.15) is 0 Å². The zero-order valence-corrected chi connectivity index (χ0v) is 16.2. The van der Waals surface area contributed by atoms with Crippen molar-refractivity contribution in [3.05, 3.63) is 46.7 Å². The van der Waals surface area contributed by atoms with E-state index in [0.717, 1.165) is 30.4 Å². The Bertz CT molecular complexity index is 658. The van der Waals surface area contributed by atoms with E-state index in [1.807, 2.05) is 31.2 Å². The third-order valence-corrected chi connectivity index (χ3v) is 4.71.